The molecule has 1 aromatic heterocycles. The summed E-state index contributed by atoms with van der Waals surface area (Å²) in [6, 6.07) is 11.9. The van der Waals surface area contributed by atoms with Crippen LogP contribution in [0.1, 0.15) is 16.9 Å². The van der Waals surface area contributed by atoms with Crippen molar-refractivity contribution in [2.75, 3.05) is 12.0 Å². The molecule has 0 radical (unpaired) electrons. The van der Waals surface area contributed by atoms with Crippen molar-refractivity contribution in [3.05, 3.63) is 58.3 Å². The highest BCUT2D eigenvalue weighted by Gasteiger charge is 2.25. The Balaban J connectivity index is 0.00000364. The lowest BCUT2D eigenvalue weighted by Crippen LogP contribution is -2.49. The van der Waals surface area contributed by atoms with E-state index in [2.05, 4.69) is 5.32 Å². The maximum absolute atomic E-state index is 12.4. The number of carbonyl (C=O) groups is 2. The maximum Gasteiger partial charge on any atom is 0.329 e. The number of benzene rings is 1. The number of thiophene rings is 1. The van der Waals surface area contributed by atoms with Crippen LogP contribution in [-0.4, -0.2) is 36.0 Å². The molecule has 1 aromatic carbocycles. The number of ether oxygens (including phenoxy) is 1. The van der Waals surface area contributed by atoms with Gasteiger partial charge in [0, 0.05) is 11.3 Å². The monoisotopic (exact) mass is 428 g/mol. The number of hydrogen-bond donors (Lipinski definition) is 2. The van der Waals surface area contributed by atoms with E-state index in [1.54, 1.807) is 23.1 Å². The quantitative estimate of drug-likeness (QED) is 0.568. The van der Waals surface area contributed by atoms with Gasteiger partial charge in [-0.1, -0.05) is 36.4 Å². The second kappa shape index (κ2) is 12.8. The largest absolute Gasteiger partial charge is 0.459 e. The van der Waals surface area contributed by atoms with Crippen molar-refractivity contribution < 1.29 is 14.3 Å². The lowest BCUT2D eigenvalue weighted by molar-refractivity contribution is -0.149. The first kappa shape index (κ1) is 23.5. The summed E-state index contributed by atoms with van der Waals surface area (Å²) in [5.41, 5.74) is 6.90. The number of amides is 1. The minimum Gasteiger partial charge on any atom is -0.459 e. The van der Waals surface area contributed by atoms with Crippen LogP contribution < -0.4 is 11.1 Å². The van der Waals surface area contributed by atoms with Crippen molar-refractivity contribution in [1.82, 2.24) is 5.32 Å². The highest BCUT2D eigenvalue weighted by atomic mass is 35.5. The fourth-order valence-electron chi connectivity index (χ4n) is 2.33. The van der Waals surface area contributed by atoms with Gasteiger partial charge in [-0.15, -0.1) is 23.7 Å². The molecule has 0 saturated heterocycles. The number of hydrogen-bond acceptors (Lipinski definition) is 6. The number of nitrogens with one attached hydrogen (secondary N) is 1. The molecule has 0 unspecified atom stereocenters. The van der Waals surface area contributed by atoms with E-state index in [0.29, 0.717) is 12.8 Å². The first-order chi connectivity index (χ1) is 12.6. The third-order valence-corrected chi connectivity index (χ3v) is 5.32. The lowest BCUT2D eigenvalue weighted by atomic mass is 10.1. The van der Waals surface area contributed by atoms with Crippen LogP contribution in [0.2, 0.25) is 0 Å². The Morgan fingerprint density at radius 1 is 1.22 bits per heavy atom. The second-order valence-electron chi connectivity index (χ2n) is 5.83. The molecule has 0 fully saturated rings. The predicted octanol–water partition coefficient (Wildman–Crippen LogP) is 3.02. The van der Waals surface area contributed by atoms with Crippen LogP contribution in [0, 0.1) is 0 Å². The summed E-state index contributed by atoms with van der Waals surface area (Å²) in [5.74, 6) is -0.0216. The fraction of sp³-hybridized carbons (Fsp3) is 0.368. The standard InChI is InChI=1S/C19H24N2O3S2.ClH/c1-25-11-9-17(19(23)24-13-14-6-3-2-4-7-14)21-18(22)16(20)12-15-8-5-10-26-15;/h2-8,10,16-17H,9,11-13,20H2,1H3,(H,21,22);1H/t16-,17-;/m0./s1. The minimum atomic E-state index is -0.688. The zero-order chi connectivity index (χ0) is 18.8. The van der Waals surface area contributed by atoms with Crippen molar-refractivity contribution in [3.8, 4) is 0 Å². The number of halogens is 1. The molecule has 0 aliphatic heterocycles. The summed E-state index contributed by atoms with van der Waals surface area (Å²) in [4.78, 5) is 25.8. The summed E-state index contributed by atoms with van der Waals surface area (Å²) in [5, 5.41) is 4.70. The summed E-state index contributed by atoms with van der Waals surface area (Å²) < 4.78 is 5.37. The molecule has 3 N–H and O–H groups in total. The molecule has 0 saturated carbocycles. The van der Waals surface area contributed by atoms with Crippen LogP contribution in [0.5, 0.6) is 0 Å². The summed E-state index contributed by atoms with van der Waals surface area (Å²) in [6.07, 6.45) is 2.92. The Morgan fingerprint density at radius 2 is 1.96 bits per heavy atom. The van der Waals surface area contributed by atoms with Gasteiger partial charge in [0.05, 0.1) is 6.04 Å². The number of nitrogens with two attached hydrogens (primary N) is 1. The molecule has 0 aliphatic carbocycles. The minimum absolute atomic E-state index is 0. The van der Waals surface area contributed by atoms with Crippen LogP contribution in [-0.2, 0) is 27.4 Å². The first-order valence-electron chi connectivity index (χ1n) is 8.38. The van der Waals surface area contributed by atoms with Crippen LogP contribution in [0.25, 0.3) is 0 Å². The molecule has 0 spiro atoms. The first-order valence-corrected chi connectivity index (χ1v) is 10.7. The summed E-state index contributed by atoms with van der Waals surface area (Å²) in [7, 11) is 0. The van der Waals surface area contributed by atoms with Crippen molar-refractivity contribution >= 4 is 47.4 Å². The second-order valence-corrected chi connectivity index (χ2v) is 7.84. The fourth-order valence-corrected chi connectivity index (χ4v) is 3.57. The van der Waals surface area contributed by atoms with Crippen molar-refractivity contribution in [2.24, 2.45) is 5.73 Å². The maximum atomic E-state index is 12.4. The third kappa shape index (κ3) is 8.34. The van der Waals surface area contributed by atoms with Gasteiger partial charge in [0.15, 0.2) is 0 Å². The average Bonchev–Trinajstić information content (AvgIpc) is 3.16. The zero-order valence-corrected chi connectivity index (χ0v) is 17.6. The molecule has 0 aliphatic rings. The average molecular weight is 429 g/mol. The van der Waals surface area contributed by atoms with Crippen LogP contribution in [0.15, 0.2) is 47.8 Å². The smallest absolute Gasteiger partial charge is 0.329 e. The third-order valence-electron chi connectivity index (χ3n) is 3.77. The Hall–Kier alpha value is -1.54. The number of thioether (sulfide) groups is 1. The molecule has 2 rings (SSSR count). The Kier molecular flexibility index (Phi) is 11.1. The molecule has 0 bridgehead atoms. The van der Waals surface area contributed by atoms with Gasteiger partial charge in [-0.05, 0) is 35.4 Å². The number of esters is 1. The van der Waals surface area contributed by atoms with Crippen LogP contribution >= 0.6 is 35.5 Å². The normalized spacial score (nSPS) is 12.5. The van der Waals surface area contributed by atoms with Crippen LogP contribution in [0.3, 0.4) is 0 Å². The predicted molar refractivity (Wildman–Crippen MR) is 114 cm³/mol. The van der Waals surface area contributed by atoms with Gasteiger partial charge in [0.1, 0.15) is 12.6 Å². The van der Waals surface area contributed by atoms with Crippen molar-refractivity contribution in [1.29, 1.82) is 0 Å². The molecule has 2 aromatic rings. The van der Waals surface area contributed by atoms with Gasteiger partial charge in [-0.25, -0.2) is 4.79 Å². The summed E-state index contributed by atoms with van der Waals surface area (Å²) in [6.45, 7) is 0.187. The molecule has 1 amide bonds. The van der Waals surface area contributed by atoms with Gasteiger partial charge in [0.2, 0.25) is 5.91 Å². The molecule has 8 heteroatoms. The van der Waals surface area contributed by atoms with E-state index >= 15 is 0 Å². The SMILES string of the molecule is CSCC[C@H](NC(=O)[C@@H](N)Cc1cccs1)C(=O)OCc1ccccc1.Cl. The molecule has 1 heterocycles. The van der Waals surface area contributed by atoms with Crippen molar-refractivity contribution in [3.63, 3.8) is 0 Å². The van der Waals surface area contributed by atoms with Crippen LogP contribution in [0.4, 0.5) is 0 Å². The van der Waals surface area contributed by atoms with E-state index in [9.17, 15) is 9.59 Å². The number of carbonyl (C=O) groups excluding carboxylic acids is 2. The van der Waals surface area contributed by atoms with Crippen molar-refractivity contribution in [2.45, 2.75) is 31.5 Å². The van der Waals surface area contributed by atoms with Gasteiger partial charge < -0.3 is 15.8 Å². The Labute approximate surface area is 174 Å². The van der Waals surface area contributed by atoms with Gasteiger partial charge in [-0.2, -0.15) is 11.8 Å². The van der Waals surface area contributed by atoms with Gasteiger partial charge in [0.25, 0.3) is 0 Å². The van der Waals surface area contributed by atoms with E-state index in [-0.39, 0.29) is 24.9 Å². The van der Waals surface area contributed by atoms with E-state index in [4.69, 9.17) is 10.5 Å². The van der Waals surface area contributed by atoms with Gasteiger partial charge in [-0.3, -0.25) is 4.79 Å². The lowest BCUT2D eigenvalue weighted by Gasteiger charge is -2.19. The van der Waals surface area contributed by atoms with E-state index < -0.39 is 18.1 Å². The van der Waals surface area contributed by atoms with E-state index in [0.717, 1.165) is 16.2 Å². The molecule has 27 heavy (non-hydrogen) atoms. The highest BCUT2D eigenvalue weighted by Crippen LogP contribution is 2.11. The molecule has 5 nitrogen and oxygen atoms in total. The van der Waals surface area contributed by atoms with Gasteiger partial charge >= 0.3 is 5.97 Å². The molecule has 148 valence electrons. The van der Waals surface area contributed by atoms with E-state index in [1.807, 2.05) is 54.1 Å². The zero-order valence-electron chi connectivity index (χ0n) is 15.1. The highest BCUT2D eigenvalue weighted by molar-refractivity contribution is 7.98. The molecular formula is C19H25ClN2O3S2. The topological polar surface area (TPSA) is 81.4 Å². The number of rotatable bonds is 10. The van der Waals surface area contributed by atoms with E-state index in [1.165, 1.54) is 0 Å². The Bertz CT molecular complexity index is 684. The molecule has 2 atom stereocenters. The Morgan fingerprint density at radius 3 is 2.59 bits per heavy atom. The molecular weight excluding hydrogens is 404 g/mol. The summed E-state index contributed by atoms with van der Waals surface area (Å²) >= 11 is 3.17.